The molecule has 0 aromatic heterocycles. The standard InChI is InChI=1S/C22H11F5O2.C16H10F2O2.C6H3F3O/c1-12-8-17(23)16(18(24)9-12)7-4-13-2-5-14(6-3-13)22(28)29-15-10-19(25)21(27)20(26)11-15;1-10-8-14(17)13(15(18)9-10)7-4-11-2-5-12(6-3-11)16(19)20;7-4-1-3(10)2-5(8)6(4)9/h2-3,5-6,8-11H,1H3;2-3,5-6,8-9H,1H3,(H,19,20);1-2,10H. The fourth-order valence-corrected chi connectivity index (χ4v) is 4.59. The fraction of sp³-hybridized carbons (Fsp3) is 0.0455. The van der Waals surface area contributed by atoms with E-state index < -0.39 is 81.6 Å². The van der Waals surface area contributed by atoms with Crippen molar-refractivity contribution in [2.45, 2.75) is 13.8 Å². The van der Waals surface area contributed by atoms with Crippen LogP contribution in [0.2, 0.25) is 0 Å². The zero-order valence-corrected chi connectivity index (χ0v) is 30.1. The minimum atomic E-state index is -1.67. The summed E-state index contributed by atoms with van der Waals surface area (Å²) in [5, 5.41) is 17.2. The Labute approximate surface area is 328 Å². The Morgan fingerprint density at radius 1 is 0.475 bits per heavy atom. The van der Waals surface area contributed by atoms with E-state index in [0.29, 0.717) is 46.5 Å². The van der Waals surface area contributed by atoms with E-state index in [0.717, 1.165) is 12.1 Å². The highest BCUT2D eigenvalue weighted by molar-refractivity contribution is 5.91. The summed E-state index contributed by atoms with van der Waals surface area (Å²) in [5.41, 5.74) is 1.23. The van der Waals surface area contributed by atoms with Crippen LogP contribution >= 0.6 is 0 Å². The Morgan fingerprint density at radius 3 is 1.17 bits per heavy atom. The van der Waals surface area contributed by atoms with Gasteiger partial charge in [0.25, 0.3) is 0 Å². The number of carboxylic acids is 1. The Balaban J connectivity index is 0.000000220. The van der Waals surface area contributed by atoms with E-state index in [1.165, 1.54) is 60.7 Å². The largest absolute Gasteiger partial charge is 0.508 e. The van der Waals surface area contributed by atoms with E-state index in [-0.39, 0.29) is 22.3 Å². The highest BCUT2D eigenvalue weighted by Gasteiger charge is 2.15. The second kappa shape index (κ2) is 19.6. The molecule has 59 heavy (non-hydrogen) atoms. The number of rotatable bonds is 3. The van der Waals surface area contributed by atoms with E-state index in [9.17, 15) is 53.5 Å². The quantitative estimate of drug-likeness (QED) is 0.0611. The van der Waals surface area contributed by atoms with Gasteiger partial charge in [-0.3, -0.25) is 0 Å². The van der Waals surface area contributed by atoms with Crippen molar-refractivity contribution < 1.29 is 68.4 Å². The molecule has 0 fully saturated rings. The lowest BCUT2D eigenvalue weighted by atomic mass is 10.1. The average molecular weight is 823 g/mol. The third-order valence-electron chi connectivity index (χ3n) is 7.43. The SMILES string of the molecule is Cc1cc(F)c(C#Cc2ccc(C(=O)O)cc2)c(F)c1.Cc1cc(F)c(C#Cc2ccc(C(=O)Oc3cc(F)c(F)c(F)c3)cc2)c(F)c1.Oc1cc(F)c(F)c(F)c1. The number of esters is 1. The molecule has 6 rings (SSSR count). The number of aromatic carboxylic acids is 1. The van der Waals surface area contributed by atoms with Crippen molar-refractivity contribution in [1.82, 2.24) is 0 Å². The predicted molar refractivity (Wildman–Crippen MR) is 193 cm³/mol. The minimum absolute atomic E-state index is 0.0217. The molecule has 0 saturated heterocycles. The Hall–Kier alpha value is -7.52. The van der Waals surface area contributed by atoms with Gasteiger partial charge in [-0.25, -0.2) is 53.5 Å². The molecule has 0 unspecified atom stereocenters. The first-order valence-electron chi connectivity index (χ1n) is 16.4. The predicted octanol–water partition coefficient (Wildman–Crippen LogP) is 10.5. The normalized spacial score (nSPS) is 10.0. The zero-order chi connectivity index (χ0) is 43.6. The topological polar surface area (TPSA) is 83.8 Å². The third-order valence-corrected chi connectivity index (χ3v) is 7.43. The number of benzene rings is 6. The molecule has 6 aromatic carbocycles. The molecule has 0 aliphatic carbocycles. The summed E-state index contributed by atoms with van der Waals surface area (Å²) in [6.07, 6.45) is 0. The van der Waals surface area contributed by atoms with Gasteiger partial charge in [0.15, 0.2) is 34.9 Å². The number of hydrogen-bond acceptors (Lipinski definition) is 4. The average Bonchev–Trinajstić information content (AvgIpc) is 3.16. The number of aromatic hydroxyl groups is 1. The molecule has 300 valence electrons. The van der Waals surface area contributed by atoms with Crippen LogP contribution in [0.15, 0.2) is 97.1 Å². The van der Waals surface area contributed by atoms with Crippen molar-refractivity contribution in [2.24, 2.45) is 0 Å². The number of ether oxygens (including phenoxy) is 1. The monoisotopic (exact) mass is 822 g/mol. The molecule has 0 aliphatic rings. The van der Waals surface area contributed by atoms with Gasteiger partial charge >= 0.3 is 11.9 Å². The summed E-state index contributed by atoms with van der Waals surface area (Å²) >= 11 is 0. The van der Waals surface area contributed by atoms with Crippen molar-refractivity contribution in [1.29, 1.82) is 0 Å². The van der Waals surface area contributed by atoms with Crippen LogP contribution in [0.3, 0.4) is 0 Å². The molecule has 6 aromatic rings. The molecule has 15 heteroatoms. The molecule has 0 bridgehead atoms. The molecular formula is C44H24F10O5. The zero-order valence-electron chi connectivity index (χ0n) is 30.1. The van der Waals surface area contributed by atoms with Crippen LogP contribution in [0.1, 0.15) is 54.1 Å². The first-order valence-corrected chi connectivity index (χ1v) is 16.4. The smallest absolute Gasteiger partial charge is 0.343 e. The maximum atomic E-state index is 13.8. The second-order valence-corrected chi connectivity index (χ2v) is 12.0. The summed E-state index contributed by atoms with van der Waals surface area (Å²) in [7, 11) is 0. The maximum Gasteiger partial charge on any atom is 0.343 e. The summed E-state index contributed by atoms with van der Waals surface area (Å²) in [4.78, 5) is 22.7. The van der Waals surface area contributed by atoms with Crippen molar-refractivity contribution in [3.63, 3.8) is 0 Å². The molecule has 0 aliphatic heterocycles. The van der Waals surface area contributed by atoms with Crippen molar-refractivity contribution in [3.05, 3.63) is 200 Å². The molecule has 0 radical (unpaired) electrons. The Kier molecular flexibility index (Phi) is 14.7. The number of phenolic OH excluding ortho intramolecular Hbond substituents is 1. The van der Waals surface area contributed by atoms with Gasteiger partial charge in [0.2, 0.25) is 0 Å². The molecule has 2 N–H and O–H groups in total. The molecule has 0 spiro atoms. The highest BCUT2D eigenvalue weighted by atomic mass is 19.2. The maximum absolute atomic E-state index is 13.8. The van der Waals surface area contributed by atoms with E-state index >= 15 is 0 Å². The second-order valence-electron chi connectivity index (χ2n) is 12.0. The summed E-state index contributed by atoms with van der Waals surface area (Å²) in [5.74, 6) is -5.10. The number of carbonyl (C=O) groups is 2. The molecular weight excluding hydrogens is 798 g/mol. The lowest BCUT2D eigenvalue weighted by molar-refractivity contribution is 0.0694. The van der Waals surface area contributed by atoms with Gasteiger partial charge in [0, 0.05) is 35.4 Å². The van der Waals surface area contributed by atoms with Gasteiger partial charge in [-0.2, -0.15) is 0 Å². The number of phenols is 1. The number of carbonyl (C=O) groups excluding carboxylic acids is 1. The summed E-state index contributed by atoms with van der Waals surface area (Å²) < 4.78 is 135. The number of halogens is 10. The van der Waals surface area contributed by atoms with Crippen LogP contribution in [-0.4, -0.2) is 22.2 Å². The van der Waals surface area contributed by atoms with E-state index in [1.807, 2.05) is 0 Å². The van der Waals surface area contributed by atoms with Gasteiger partial charge in [-0.1, -0.05) is 23.7 Å². The lowest BCUT2D eigenvalue weighted by Gasteiger charge is -2.05. The van der Waals surface area contributed by atoms with Gasteiger partial charge < -0.3 is 14.9 Å². The van der Waals surface area contributed by atoms with Gasteiger partial charge in [0.05, 0.1) is 22.3 Å². The molecule has 0 saturated carbocycles. The first-order chi connectivity index (χ1) is 27.8. The van der Waals surface area contributed by atoms with Crippen LogP contribution in [0.4, 0.5) is 43.9 Å². The summed E-state index contributed by atoms with van der Waals surface area (Å²) in [6.45, 7) is 3.14. The van der Waals surface area contributed by atoms with Gasteiger partial charge in [-0.15, -0.1) is 0 Å². The number of hydrogen-bond donors (Lipinski definition) is 2. The van der Waals surface area contributed by atoms with Crippen LogP contribution in [0.5, 0.6) is 11.5 Å². The van der Waals surface area contributed by atoms with E-state index in [4.69, 9.17) is 14.9 Å². The van der Waals surface area contributed by atoms with Crippen LogP contribution in [-0.2, 0) is 0 Å². The van der Waals surface area contributed by atoms with Gasteiger partial charge in [-0.05, 0) is 97.8 Å². The number of aryl methyl sites for hydroxylation is 2. The lowest BCUT2D eigenvalue weighted by Crippen LogP contribution is -2.09. The van der Waals surface area contributed by atoms with Crippen molar-refractivity contribution in [3.8, 4) is 35.2 Å². The Bertz CT molecular complexity index is 2580. The van der Waals surface area contributed by atoms with Crippen molar-refractivity contribution in [2.75, 3.05) is 0 Å². The van der Waals surface area contributed by atoms with E-state index in [1.54, 1.807) is 13.8 Å². The van der Waals surface area contributed by atoms with E-state index in [2.05, 4.69) is 23.7 Å². The van der Waals surface area contributed by atoms with Crippen molar-refractivity contribution >= 4 is 11.9 Å². The minimum Gasteiger partial charge on any atom is -0.508 e. The summed E-state index contributed by atoms with van der Waals surface area (Å²) in [6, 6.07) is 18.0. The fourth-order valence-electron chi connectivity index (χ4n) is 4.59. The molecule has 0 atom stereocenters. The Morgan fingerprint density at radius 2 is 0.814 bits per heavy atom. The first kappa shape index (κ1) is 44.2. The molecule has 0 heterocycles. The van der Waals surface area contributed by atoms with Gasteiger partial charge in [0.1, 0.15) is 34.8 Å². The molecule has 5 nitrogen and oxygen atoms in total. The van der Waals surface area contributed by atoms with Crippen LogP contribution < -0.4 is 4.74 Å². The van der Waals surface area contributed by atoms with Crippen LogP contribution in [0.25, 0.3) is 0 Å². The highest BCUT2D eigenvalue weighted by Crippen LogP contribution is 2.21. The number of carboxylic acid groups (broad SMARTS) is 1. The molecule has 0 amide bonds. The van der Waals surface area contributed by atoms with Crippen LogP contribution in [0, 0.1) is 95.7 Å². The third kappa shape index (κ3) is 12.2.